The monoisotopic (exact) mass is 296 g/mol. The van der Waals surface area contributed by atoms with Gasteiger partial charge in [-0.15, -0.1) is 0 Å². The summed E-state index contributed by atoms with van der Waals surface area (Å²) >= 11 is 0. The Morgan fingerprint density at radius 2 is 1.90 bits per heavy atom. The average Bonchev–Trinajstić information content (AvgIpc) is 2.42. The van der Waals surface area contributed by atoms with Crippen LogP contribution < -0.4 is 5.73 Å². The molecule has 4 nitrogen and oxygen atoms in total. The molecule has 0 saturated heterocycles. The number of hydrogen-bond acceptors (Lipinski definition) is 3. The molecule has 20 heavy (non-hydrogen) atoms. The third-order valence-electron chi connectivity index (χ3n) is 4.14. The van der Waals surface area contributed by atoms with E-state index in [1.54, 1.807) is 32.2 Å². The summed E-state index contributed by atoms with van der Waals surface area (Å²) in [6.07, 6.45) is 5.98. The molecule has 0 spiro atoms. The fourth-order valence-corrected chi connectivity index (χ4v) is 4.40. The Balaban J connectivity index is 2.18. The van der Waals surface area contributed by atoms with Gasteiger partial charge in [-0.2, -0.15) is 0 Å². The van der Waals surface area contributed by atoms with Crippen molar-refractivity contribution < 1.29 is 8.42 Å². The first-order valence-electron chi connectivity index (χ1n) is 7.23. The van der Waals surface area contributed by atoms with Gasteiger partial charge in [0.1, 0.15) is 0 Å². The van der Waals surface area contributed by atoms with Crippen molar-refractivity contribution in [2.75, 3.05) is 19.3 Å². The molecule has 112 valence electrons. The quantitative estimate of drug-likeness (QED) is 0.869. The van der Waals surface area contributed by atoms with Crippen LogP contribution >= 0.6 is 0 Å². The Labute approximate surface area is 122 Å². The smallest absolute Gasteiger partial charge is 0.243 e. The van der Waals surface area contributed by atoms with Crippen LogP contribution in [-0.2, 0) is 10.0 Å². The van der Waals surface area contributed by atoms with Crippen LogP contribution in [0.2, 0.25) is 0 Å². The van der Waals surface area contributed by atoms with Crippen molar-refractivity contribution in [3.8, 4) is 0 Å². The fraction of sp³-hybridized carbons (Fsp3) is 0.600. The van der Waals surface area contributed by atoms with Gasteiger partial charge in [0.25, 0.3) is 0 Å². The lowest BCUT2D eigenvalue weighted by atomic mass is 9.89. The first-order valence-corrected chi connectivity index (χ1v) is 8.67. The summed E-state index contributed by atoms with van der Waals surface area (Å²) in [6, 6.07) is 5.05. The lowest BCUT2D eigenvalue weighted by Gasteiger charge is -2.27. The predicted octanol–water partition coefficient (Wildman–Crippen LogP) is 2.78. The van der Waals surface area contributed by atoms with E-state index in [1.165, 1.54) is 23.6 Å². The van der Waals surface area contributed by atoms with Crippen LogP contribution in [-0.4, -0.2) is 26.3 Å². The van der Waals surface area contributed by atoms with Gasteiger partial charge in [-0.1, -0.05) is 25.3 Å². The Morgan fingerprint density at radius 1 is 1.25 bits per heavy atom. The van der Waals surface area contributed by atoms with E-state index in [2.05, 4.69) is 0 Å². The van der Waals surface area contributed by atoms with E-state index in [1.807, 2.05) is 0 Å². The molecule has 1 aliphatic rings. The van der Waals surface area contributed by atoms with Gasteiger partial charge in [0.05, 0.1) is 4.90 Å². The zero-order valence-corrected chi connectivity index (χ0v) is 13.1. The number of nitrogen functional groups attached to an aromatic ring is 1. The van der Waals surface area contributed by atoms with Crippen LogP contribution in [0.15, 0.2) is 23.1 Å². The minimum absolute atomic E-state index is 0.329. The lowest BCUT2D eigenvalue weighted by molar-refractivity contribution is 0.300. The van der Waals surface area contributed by atoms with E-state index in [0.717, 1.165) is 18.4 Å². The second-order valence-electron chi connectivity index (χ2n) is 5.81. The van der Waals surface area contributed by atoms with Crippen LogP contribution in [0, 0.1) is 12.8 Å². The minimum atomic E-state index is -3.44. The molecule has 1 saturated carbocycles. The molecule has 0 heterocycles. The van der Waals surface area contributed by atoms with E-state index >= 15 is 0 Å². The number of benzene rings is 1. The number of nitrogens with two attached hydrogens (primary N) is 1. The van der Waals surface area contributed by atoms with Crippen molar-refractivity contribution in [1.29, 1.82) is 0 Å². The number of hydrogen-bond donors (Lipinski definition) is 1. The first-order chi connectivity index (χ1) is 9.41. The minimum Gasteiger partial charge on any atom is -0.399 e. The van der Waals surface area contributed by atoms with E-state index in [-0.39, 0.29) is 0 Å². The number of sulfonamides is 1. The van der Waals surface area contributed by atoms with Crippen molar-refractivity contribution in [3.63, 3.8) is 0 Å². The highest BCUT2D eigenvalue weighted by atomic mass is 32.2. The molecule has 1 fully saturated rings. The van der Waals surface area contributed by atoms with Gasteiger partial charge in [0.15, 0.2) is 0 Å². The number of nitrogens with zero attached hydrogens (tertiary/aromatic N) is 1. The zero-order chi connectivity index (χ0) is 14.8. The molecule has 0 aromatic heterocycles. The highest BCUT2D eigenvalue weighted by Crippen LogP contribution is 2.27. The summed E-state index contributed by atoms with van der Waals surface area (Å²) in [5.74, 6) is 0.491. The van der Waals surface area contributed by atoms with E-state index < -0.39 is 10.0 Å². The van der Waals surface area contributed by atoms with Gasteiger partial charge in [-0.05, 0) is 43.4 Å². The second kappa shape index (κ2) is 6.14. The van der Waals surface area contributed by atoms with Crippen LogP contribution in [0.3, 0.4) is 0 Å². The Bertz CT molecular complexity index is 563. The first kappa shape index (κ1) is 15.3. The van der Waals surface area contributed by atoms with Crippen molar-refractivity contribution in [3.05, 3.63) is 23.8 Å². The summed E-state index contributed by atoms with van der Waals surface area (Å²) < 4.78 is 26.8. The molecule has 1 aromatic carbocycles. The fourth-order valence-electron chi connectivity index (χ4n) is 2.89. The normalized spacial score (nSPS) is 17.6. The predicted molar refractivity (Wildman–Crippen MR) is 82.0 cm³/mol. The van der Waals surface area contributed by atoms with E-state index in [9.17, 15) is 8.42 Å². The molecule has 0 bridgehead atoms. The summed E-state index contributed by atoms with van der Waals surface area (Å²) in [7, 11) is -1.77. The maximum atomic E-state index is 12.6. The third-order valence-corrected chi connectivity index (χ3v) is 6.11. The highest BCUT2D eigenvalue weighted by Gasteiger charge is 2.26. The Kier molecular flexibility index (Phi) is 4.70. The van der Waals surface area contributed by atoms with Crippen molar-refractivity contribution in [2.24, 2.45) is 5.92 Å². The van der Waals surface area contributed by atoms with Gasteiger partial charge < -0.3 is 5.73 Å². The van der Waals surface area contributed by atoms with Crippen molar-refractivity contribution >= 4 is 15.7 Å². The maximum absolute atomic E-state index is 12.6. The molecule has 5 heteroatoms. The van der Waals surface area contributed by atoms with Crippen LogP contribution in [0.4, 0.5) is 5.69 Å². The van der Waals surface area contributed by atoms with Crippen molar-refractivity contribution in [1.82, 2.24) is 4.31 Å². The largest absolute Gasteiger partial charge is 0.399 e. The summed E-state index contributed by atoms with van der Waals surface area (Å²) in [4.78, 5) is 0.329. The van der Waals surface area contributed by atoms with Crippen molar-refractivity contribution in [2.45, 2.75) is 43.9 Å². The number of aryl methyl sites for hydroxylation is 1. The lowest BCUT2D eigenvalue weighted by Crippen LogP contribution is -2.33. The zero-order valence-electron chi connectivity index (χ0n) is 12.3. The van der Waals surface area contributed by atoms with Crippen LogP contribution in [0.25, 0.3) is 0 Å². The summed E-state index contributed by atoms with van der Waals surface area (Å²) in [5.41, 5.74) is 6.96. The third kappa shape index (κ3) is 3.33. The van der Waals surface area contributed by atoms with Gasteiger partial charge in [0, 0.05) is 19.3 Å². The Morgan fingerprint density at radius 3 is 2.55 bits per heavy atom. The van der Waals surface area contributed by atoms with E-state index in [0.29, 0.717) is 23.0 Å². The van der Waals surface area contributed by atoms with Gasteiger partial charge >= 0.3 is 0 Å². The molecule has 2 rings (SSSR count). The molecule has 1 aromatic rings. The SMILES string of the molecule is Cc1ccc(N)cc1S(=O)(=O)N(C)CC1CCCCC1. The molecule has 0 radical (unpaired) electrons. The second-order valence-corrected chi connectivity index (χ2v) is 7.83. The molecule has 0 aliphatic heterocycles. The highest BCUT2D eigenvalue weighted by molar-refractivity contribution is 7.89. The average molecular weight is 296 g/mol. The summed E-state index contributed by atoms with van der Waals surface area (Å²) in [5, 5.41) is 0. The Hall–Kier alpha value is -1.07. The van der Waals surface area contributed by atoms with Gasteiger partial charge in [-0.25, -0.2) is 12.7 Å². The molecular weight excluding hydrogens is 272 g/mol. The van der Waals surface area contributed by atoms with Crippen LogP contribution in [0.5, 0.6) is 0 Å². The molecule has 0 amide bonds. The topological polar surface area (TPSA) is 63.4 Å². The standard InChI is InChI=1S/C15H24N2O2S/c1-12-8-9-14(16)10-15(12)20(18,19)17(2)11-13-6-4-3-5-7-13/h8-10,13H,3-7,11,16H2,1-2H3. The maximum Gasteiger partial charge on any atom is 0.243 e. The summed E-state index contributed by atoms with van der Waals surface area (Å²) in [6.45, 7) is 2.41. The van der Waals surface area contributed by atoms with Gasteiger partial charge in [-0.3, -0.25) is 0 Å². The molecule has 0 unspecified atom stereocenters. The van der Waals surface area contributed by atoms with Gasteiger partial charge in [0.2, 0.25) is 10.0 Å². The molecule has 2 N–H and O–H groups in total. The number of anilines is 1. The number of rotatable bonds is 4. The van der Waals surface area contributed by atoms with Crippen LogP contribution in [0.1, 0.15) is 37.7 Å². The molecule has 1 aliphatic carbocycles. The molecule has 0 atom stereocenters. The molecular formula is C15H24N2O2S. The van der Waals surface area contributed by atoms with E-state index in [4.69, 9.17) is 5.73 Å².